The Kier molecular flexibility index (Phi) is 5.91. The summed E-state index contributed by atoms with van der Waals surface area (Å²) < 4.78 is 10.7. The van der Waals surface area contributed by atoms with Gasteiger partial charge in [0, 0.05) is 9.86 Å². The summed E-state index contributed by atoms with van der Waals surface area (Å²) in [6, 6.07) is 0. The molecule has 0 bridgehead atoms. The first-order valence-electron chi connectivity index (χ1n) is 1.90. The van der Waals surface area contributed by atoms with Crippen LogP contribution in [0.2, 0.25) is 0 Å². The summed E-state index contributed by atoms with van der Waals surface area (Å²) in [7, 11) is 0. The summed E-state index contributed by atoms with van der Waals surface area (Å²) in [4.78, 5) is 3.14. The van der Waals surface area contributed by atoms with E-state index in [0.29, 0.717) is 0 Å². The molecule has 3 heteroatoms. The monoisotopic (exact) mass is 168 g/mol. The highest BCUT2D eigenvalue weighted by atomic mass is 79.9. The summed E-state index contributed by atoms with van der Waals surface area (Å²) in [5.41, 5.74) is 0. The Hall–Kier alpha value is -0.0500. The van der Waals surface area contributed by atoms with Gasteiger partial charge in [0.2, 0.25) is 0 Å². The van der Waals surface area contributed by atoms with Crippen molar-refractivity contribution < 1.29 is 9.47 Å². The predicted molar refractivity (Wildman–Crippen MR) is 29.7 cm³/mol. The van der Waals surface area contributed by atoms with Crippen molar-refractivity contribution in [2.75, 3.05) is 5.33 Å². The largest absolute Gasteiger partial charge is 0.303 e. The van der Waals surface area contributed by atoms with Gasteiger partial charge in [0.1, 0.15) is 6.26 Å². The number of rotatable bonds is 3. The molecule has 0 aromatic rings. The average molecular weight is 169 g/mol. The van der Waals surface area contributed by atoms with E-state index in [0.717, 1.165) is 18.0 Å². The molecular weight excluding hydrogens is 163 g/mol. The highest BCUT2D eigenvalue weighted by Crippen LogP contribution is 1.88. The van der Waals surface area contributed by atoms with Crippen LogP contribution in [0.4, 0.5) is 4.53 Å². The summed E-state index contributed by atoms with van der Waals surface area (Å²) in [5, 5.41) is 0.840. The maximum absolute atomic E-state index is 10.7. The molecule has 0 fully saturated rings. The topological polar surface area (TPSA) is 9.23 Å². The molecule has 0 radical (unpaired) electrons. The van der Waals surface area contributed by atoms with Crippen molar-refractivity contribution in [1.29, 1.82) is 0 Å². The Balaban J connectivity index is 2.78. The summed E-state index contributed by atoms with van der Waals surface area (Å²) >= 11 is 3.15. The summed E-state index contributed by atoms with van der Waals surface area (Å²) in [6.45, 7) is 0. The van der Waals surface area contributed by atoms with Gasteiger partial charge in [-0.25, -0.2) is 0 Å². The van der Waals surface area contributed by atoms with E-state index in [1.54, 1.807) is 6.08 Å². The first-order chi connectivity index (χ1) is 3.41. The zero-order valence-corrected chi connectivity index (χ0v) is 5.32. The van der Waals surface area contributed by atoms with Crippen LogP contribution in [-0.2, 0) is 4.94 Å². The molecule has 0 saturated carbocycles. The molecule has 7 heavy (non-hydrogen) atoms. The molecule has 0 N–H and O–H groups in total. The van der Waals surface area contributed by atoms with Gasteiger partial charge in [-0.2, -0.15) is 0 Å². The van der Waals surface area contributed by atoms with Crippen LogP contribution in [0.25, 0.3) is 0 Å². The maximum Gasteiger partial charge on any atom is 0.132 e. The number of hydrogen-bond acceptors (Lipinski definition) is 1. The van der Waals surface area contributed by atoms with Crippen LogP contribution >= 0.6 is 15.9 Å². The standard InChI is InChI=1S/C4H6BrFO/c5-3-1-2-4-7-6/h2,4H,1,3H2. The number of alkyl halides is 1. The molecule has 0 aromatic carbocycles. The third-order valence-electron chi connectivity index (χ3n) is 0.423. The lowest BCUT2D eigenvalue weighted by Crippen LogP contribution is -1.64. The third-order valence-corrected chi connectivity index (χ3v) is 0.881. The van der Waals surface area contributed by atoms with E-state index < -0.39 is 0 Å². The zero-order valence-electron chi connectivity index (χ0n) is 3.73. The molecule has 0 aliphatic rings. The van der Waals surface area contributed by atoms with Crippen molar-refractivity contribution in [1.82, 2.24) is 0 Å². The first-order valence-corrected chi connectivity index (χ1v) is 3.02. The molecule has 0 unspecified atom stereocenters. The van der Waals surface area contributed by atoms with Crippen molar-refractivity contribution in [3.63, 3.8) is 0 Å². The summed E-state index contributed by atoms with van der Waals surface area (Å²) in [5.74, 6) is 0. The third kappa shape index (κ3) is 5.95. The van der Waals surface area contributed by atoms with E-state index in [4.69, 9.17) is 0 Å². The van der Waals surface area contributed by atoms with E-state index >= 15 is 0 Å². The van der Waals surface area contributed by atoms with Gasteiger partial charge in [0.05, 0.1) is 0 Å². The Labute approximate surface area is 50.2 Å². The maximum atomic E-state index is 10.7. The van der Waals surface area contributed by atoms with E-state index in [2.05, 4.69) is 20.9 Å². The lowest BCUT2D eigenvalue weighted by atomic mass is 10.5. The van der Waals surface area contributed by atoms with Gasteiger partial charge >= 0.3 is 0 Å². The second-order valence-electron chi connectivity index (χ2n) is 0.939. The highest BCUT2D eigenvalue weighted by Gasteiger charge is 1.71. The van der Waals surface area contributed by atoms with Crippen molar-refractivity contribution in [2.45, 2.75) is 6.42 Å². The molecule has 0 aromatic heterocycles. The van der Waals surface area contributed by atoms with Crippen LogP contribution in [0.5, 0.6) is 0 Å². The zero-order chi connectivity index (χ0) is 5.54. The van der Waals surface area contributed by atoms with Gasteiger partial charge in [0.25, 0.3) is 0 Å². The molecule has 0 aliphatic heterocycles. The van der Waals surface area contributed by atoms with E-state index in [-0.39, 0.29) is 0 Å². The van der Waals surface area contributed by atoms with Gasteiger partial charge in [-0.15, -0.1) is 0 Å². The van der Waals surface area contributed by atoms with Crippen molar-refractivity contribution in [3.8, 4) is 0 Å². The van der Waals surface area contributed by atoms with Gasteiger partial charge in [0.15, 0.2) is 0 Å². The van der Waals surface area contributed by atoms with E-state index in [1.165, 1.54) is 0 Å². The number of hydrogen-bond donors (Lipinski definition) is 0. The van der Waals surface area contributed by atoms with E-state index in [1.807, 2.05) is 0 Å². The second-order valence-corrected chi connectivity index (χ2v) is 1.73. The SMILES string of the molecule is FOC=CCCBr. The second kappa shape index (κ2) is 5.95. The van der Waals surface area contributed by atoms with Crippen LogP contribution in [-0.4, -0.2) is 5.33 Å². The molecular formula is C4H6BrFO. The summed E-state index contributed by atoms with van der Waals surface area (Å²) in [6.07, 6.45) is 3.40. The van der Waals surface area contributed by atoms with Crippen LogP contribution in [0, 0.1) is 0 Å². The van der Waals surface area contributed by atoms with Gasteiger partial charge < -0.3 is 4.94 Å². The van der Waals surface area contributed by atoms with Gasteiger partial charge in [-0.3, -0.25) is 0 Å². The Bertz CT molecular complexity index is 55.7. The fourth-order valence-electron chi connectivity index (χ4n) is 0.167. The fourth-order valence-corrected chi connectivity index (χ4v) is 0.432. The number of halogens is 2. The van der Waals surface area contributed by atoms with Gasteiger partial charge in [-0.05, 0) is 12.5 Å². The highest BCUT2D eigenvalue weighted by molar-refractivity contribution is 9.09. The molecule has 0 spiro atoms. The molecule has 1 nitrogen and oxygen atoms in total. The lowest BCUT2D eigenvalue weighted by Gasteiger charge is -1.77. The van der Waals surface area contributed by atoms with Gasteiger partial charge in [-0.1, -0.05) is 15.9 Å². The molecule has 0 heterocycles. The molecule has 0 aliphatic carbocycles. The normalized spacial score (nSPS) is 10.0. The van der Waals surface area contributed by atoms with Crippen molar-refractivity contribution >= 4 is 15.9 Å². The predicted octanol–water partition coefficient (Wildman–Crippen LogP) is 2.19. The quantitative estimate of drug-likeness (QED) is 0.464. The van der Waals surface area contributed by atoms with Crippen molar-refractivity contribution in [2.24, 2.45) is 0 Å². The molecule has 0 rings (SSSR count). The molecule has 42 valence electrons. The van der Waals surface area contributed by atoms with Crippen LogP contribution in [0.15, 0.2) is 12.3 Å². The Morgan fingerprint density at radius 1 is 1.71 bits per heavy atom. The number of allylic oxidation sites excluding steroid dienone is 1. The molecule has 0 amide bonds. The van der Waals surface area contributed by atoms with Crippen molar-refractivity contribution in [3.05, 3.63) is 12.3 Å². The lowest BCUT2D eigenvalue weighted by molar-refractivity contribution is -0.0620. The fraction of sp³-hybridized carbons (Fsp3) is 0.500. The molecule has 0 saturated heterocycles. The van der Waals surface area contributed by atoms with Crippen LogP contribution in [0.1, 0.15) is 6.42 Å². The van der Waals surface area contributed by atoms with Crippen LogP contribution < -0.4 is 0 Å². The molecule has 0 atom stereocenters. The minimum atomic E-state index is 0.796. The van der Waals surface area contributed by atoms with Crippen LogP contribution in [0.3, 0.4) is 0 Å². The Morgan fingerprint density at radius 3 is 2.86 bits per heavy atom. The minimum absolute atomic E-state index is 0.796. The van der Waals surface area contributed by atoms with E-state index in [9.17, 15) is 4.53 Å². The average Bonchev–Trinajstić information content (AvgIpc) is 1.69. The first kappa shape index (κ1) is 6.95. The Morgan fingerprint density at radius 2 is 2.43 bits per heavy atom. The smallest absolute Gasteiger partial charge is 0.132 e. The minimum Gasteiger partial charge on any atom is -0.303 e.